The summed E-state index contributed by atoms with van der Waals surface area (Å²) in [5, 5.41) is 3.61. The lowest BCUT2D eigenvalue weighted by Gasteiger charge is -1.84. The summed E-state index contributed by atoms with van der Waals surface area (Å²) in [5.74, 6) is 0. The first-order valence-electron chi connectivity index (χ1n) is 2.45. The minimum absolute atomic E-state index is 0.652. The van der Waals surface area contributed by atoms with Gasteiger partial charge in [-0.05, 0) is 0 Å². The highest BCUT2D eigenvalue weighted by Gasteiger charge is 1.95. The number of anilines is 1. The molecule has 48 valence electrons. The Labute approximate surface area is 56.7 Å². The molecule has 0 aromatic carbocycles. The van der Waals surface area contributed by atoms with Gasteiger partial charge in [-0.25, -0.2) is 4.98 Å². The second kappa shape index (κ2) is 2.59. The van der Waals surface area contributed by atoms with Crippen LogP contribution in [0.3, 0.4) is 0 Å². The second-order valence-electron chi connectivity index (χ2n) is 1.44. The highest BCUT2D eigenvalue weighted by atomic mass is 32.1. The summed E-state index contributed by atoms with van der Waals surface area (Å²) < 4.78 is 0. The van der Waals surface area contributed by atoms with Gasteiger partial charge < -0.3 is 5.32 Å². The van der Waals surface area contributed by atoms with Crippen LogP contribution < -0.4 is 5.32 Å². The van der Waals surface area contributed by atoms with Crippen molar-refractivity contribution in [1.29, 1.82) is 0 Å². The van der Waals surface area contributed by atoms with E-state index in [1.807, 2.05) is 0 Å². The molecule has 0 unspecified atom stereocenters. The van der Waals surface area contributed by atoms with Crippen LogP contribution in [-0.2, 0) is 0 Å². The van der Waals surface area contributed by atoms with E-state index in [1.54, 1.807) is 13.2 Å². The molecule has 1 aromatic heterocycles. The predicted octanol–water partition coefficient (Wildman–Crippen LogP) is 0.997. The molecule has 0 saturated carbocycles. The molecule has 0 saturated heterocycles. The van der Waals surface area contributed by atoms with E-state index in [4.69, 9.17) is 0 Å². The van der Waals surface area contributed by atoms with E-state index in [1.165, 1.54) is 11.3 Å². The van der Waals surface area contributed by atoms with Gasteiger partial charge in [0.2, 0.25) is 0 Å². The summed E-state index contributed by atoms with van der Waals surface area (Å²) >= 11 is 1.34. The van der Waals surface area contributed by atoms with Crippen molar-refractivity contribution >= 4 is 22.8 Å². The highest BCUT2D eigenvalue weighted by Crippen LogP contribution is 2.14. The molecule has 4 heteroatoms. The molecule has 1 aromatic rings. The smallest absolute Gasteiger partial charge is 0.183 e. The average molecular weight is 142 g/mol. The Morgan fingerprint density at radius 1 is 1.89 bits per heavy atom. The molecule has 0 bridgehead atoms. The van der Waals surface area contributed by atoms with E-state index in [2.05, 4.69) is 10.3 Å². The quantitative estimate of drug-likeness (QED) is 0.626. The summed E-state index contributed by atoms with van der Waals surface area (Å²) in [4.78, 5) is 14.6. The van der Waals surface area contributed by atoms with Crippen molar-refractivity contribution in [3.05, 3.63) is 11.1 Å². The molecule has 0 fully saturated rings. The molecular weight excluding hydrogens is 136 g/mol. The topological polar surface area (TPSA) is 42.0 Å². The Bertz CT molecular complexity index is 208. The van der Waals surface area contributed by atoms with E-state index in [0.29, 0.717) is 4.88 Å². The zero-order valence-electron chi connectivity index (χ0n) is 4.92. The molecule has 0 spiro atoms. The monoisotopic (exact) mass is 142 g/mol. The van der Waals surface area contributed by atoms with Crippen LogP contribution in [0.15, 0.2) is 6.20 Å². The lowest BCUT2D eigenvalue weighted by Crippen LogP contribution is -1.83. The fourth-order valence-electron chi connectivity index (χ4n) is 0.457. The van der Waals surface area contributed by atoms with Gasteiger partial charge in [0, 0.05) is 7.05 Å². The van der Waals surface area contributed by atoms with E-state index in [-0.39, 0.29) is 0 Å². The summed E-state index contributed by atoms with van der Waals surface area (Å²) in [5.41, 5.74) is 0. The van der Waals surface area contributed by atoms with Crippen LogP contribution in [0.2, 0.25) is 0 Å². The average Bonchev–Trinajstić information content (AvgIpc) is 2.34. The first-order valence-corrected chi connectivity index (χ1v) is 3.27. The van der Waals surface area contributed by atoms with Crippen LogP contribution in [0, 0.1) is 0 Å². The summed E-state index contributed by atoms with van der Waals surface area (Å²) in [6.45, 7) is 0. The maximum absolute atomic E-state index is 10.1. The van der Waals surface area contributed by atoms with Gasteiger partial charge in [-0.3, -0.25) is 4.79 Å². The third kappa shape index (κ3) is 1.26. The Balaban J connectivity index is 2.86. The zero-order valence-corrected chi connectivity index (χ0v) is 5.73. The highest BCUT2D eigenvalue weighted by molar-refractivity contribution is 7.17. The Morgan fingerprint density at radius 2 is 2.67 bits per heavy atom. The number of carbonyl (C=O) groups excluding carboxylic acids is 1. The number of hydrogen-bond acceptors (Lipinski definition) is 4. The molecule has 9 heavy (non-hydrogen) atoms. The number of carbonyl (C=O) groups is 1. The zero-order chi connectivity index (χ0) is 6.69. The van der Waals surface area contributed by atoms with Crippen LogP contribution in [0.25, 0.3) is 0 Å². The number of nitrogens with zero attached hydrogens (tertiary/aromatic N) is 1. The van der Waals surface area contributed by atoms with Gasteiger partial charge in [0.15, 0.2) is 11.4 Å². The lowest BCUT2D eigenvalue weighted by molar-refractivity contribution is 0.112. The Morgan fingerprint density at radius 3 is 3.00 bits per heavy atom. The number of hydrogen-bond donors (Lipinski definition) is 1. The number of rotatable bonds is 2. The standard InChI is InChI=1S/C5H6N2OS/c1-6-5-7-2-4(3-8)9-5/h2-3H,1H3,(H,6,7). The summed E-state index contributed by atoms with van der Waals surface area (Å²) in [6, 6.07) is 0. The van der Waals surface area contributed by atoms with Crippen LogP contribution in [0.5, 0.6) is 0 Å². The molecule has 0 radical (unpaired) electrons. The molecule has 1 N–H and O–H groups in total. The van der Waals surface area contributed by atoms with Gasteiger partial charge in [-0.2, -0.15) is 0 Å². The van der Waals surface area contributed by atoms with Crippen molar-refractivity contribution in [2.24, 2.45) is 0 Å². The van der Waals surface area contributed by atoms with Crippen LogP contribution >= 0.6 is 11.3 Å². The van der Waals surface area contributed by atoms with Gasteiger partial charge in [-0.15, -0.1) is 0 Å². The van der Waals surface area contributed by atoms with E-state index in [9.17, 15) is 4.79 Å². The van der Waals surface area contributed by atoms with Crippen molar-refractivity contribution < 1.29 is 4.79 Å². The maximum Gasteiger partial charge on any atom is 0.183 e. The first-order chi connectivity index (χ1) is 4.36. The first kappa shape index (κ1) is 6.22. The molecule has 0 aliphatic heterocycles. The van der Waals surface area contributed by atoms with E-state index in [0.717, 1.165) is 11.4 Å². The third-order valence-electron chi connectivity index (χ3n) is 0.854. The van der Waals surface area contributed by atoms with Gasteiger partial charge in [0.1, 0.15) is 0 Å². The second-order valence-corrected chi connectivity index (χ2v) is 2.50. The minimum Gasteiger partial charge on any atom is -0.365 e. The van der Waals surface area contributed by atoms with Crippen molar-refractivity contribution in [1.82, 2.24) is 4.98 Å². The van der Waals surface area contributed by atoms with Crippen molar-refractivity contribution in [2.45, 2.75) is 0 Å². The Hall–Kier alpha value is -0.900. The molecule has 1 heterocycles. The fraction of sp³-hybridized carbons (Fsp3) is 0.200. The molecule has 3 nitrogen and oxygen atoms in total. The number of nitrogens with one attached hydrogen (secondary N) is 1. The summed E-state index contributed by atoms with van der Waals surface area (Å²) in [6.07, 6.45) is 2.34. The van der Waals surface area contributed by atoms with Crippen molar-refractivity contribution in [2.75, 3.05) is 12.4 Å². The molecule has 1 rings (SSSR count). The predicted molar refractivity (Wildman–Crippen MR) is 37.0 cm³/mol. The lowest BCUT2D eigenvalue weighted by atomic mass is 10.6. The van der Waals surface area contributed by atoms with E-state index < -0.39 is 0 Å². The van der Waals surface area contributed by atoms with Gasteiger partial charge in [0.25, 0.3) is 0 Å². The van der Waals surface area contributed by atoms with Crippen LogP contribution in [0.1, 0.15) is 9.67 Å². The van der Waals surface area contributed by atoms with Gasteiger partial charge >= 0.3 is 0 Å². The molecule has 0 atom stereocenters. The molecule has 0 aliphatic carbocycles. The molecular formula is C5H6N2OS. The maximum atomic E-state index is 10.1. The van der Waals surface area contributed by atoms with Gasteiger partial charge in [0.05, 0.1) is 11.1 Å². The largest absolute Gasteiger partial charge is 0.365 e. The normalized spacial score (nSPS) is 9.00. The number of thiazole rings is 1. The fourth-order valence-corrected chi connectivity index (χ4v) is 1.04. The van der Waals surface area contributed by atoms with Crippen molar-refractivity contribution in [3.8, 4) is 0 Å². The van der Waals surface area contributed by atoms with Gasteiger partial charge in [-0.1, -0.05) is 11.3 Å². The Kier molecular flexibility index (Phi) is 1.79. The summed E-state index contributed by atoms with van der Waals surface area (Å²) in [7, 11) is 1.77. The molecule has 0 amide bonds. The van der Waals surface area contributed by atoms with Crippen LogP contribution in [0.4, 0.5) is 5.13 Å². The van der Waals surface area contributed by atoms with E-state index >= 15 is 0 Å². The SMILES string of the molecule is CNc1ncc(C=O)s1. The minimum atomic E-state index is 0.652. The number of aldehydes is 1. The number of aromatic nitrogens is 1. The third-order valence-corrected chi connectivity index (χ3v) is 1.79. The van der Waals surface area contributed by atoms with Crippen LogP contribution in [-0.4, -0.2) is 18.3 Å². The van der Waals surface area contributed by atoms with Crippen molar-refractivity contribution in [3.63, 3.8) is 0 Å². The molecule has 0 aliphatic rings.